The molecule has 0 aromatic heterocycles. The van der Waals surface area contributed by atoms with Crippen LogP contribution in [0, 0.1) is 0 Å². The van der Waals surface area contributed by atoms with Crippen LogP contribution in [0.5, 0.6) is 0 Å². The first-order chi connectivity index (χ1) is 12.7. The topological polar surface area (TPSA) is 6.48 Å². The molecule has 0 unspecified atom stereocenters. The lowest BCUT2D eigenvalue weighted by atomic mass is 9.90. The van der Waals surface area contributed by atoms with Crippen LogP contribution < -0.4 is 0 Å². The van der Waals surface area contributed by atoms with Crippen molar-refractivity contribution < 1.29 is 0 Å². The summed E-state index contributed by atoms with van der Waals surface area (Å²) in [6.07, 6.45) is 4.76. The van der Waals surface area contributed by atoms with Gasteiger partial charge in [0.1, 0.15) is 0 Å². The van der Waals surface area contributed by atoms with Gasteiger partial charge in [0, 0.05) is 25.2 Å². The smallest absolute Gasteiger partial charge is 0.0475 e. The maximum atomic E-state index is 2.57. The monoisotopic (exact) mass is 350 g/mol. The van der Waals surface area contributed by atoms with E-state index in [1.807, 2.05) is 0 Å². The second-order valence-corrected chi connectivity index (χ2v) is 7.81. The fourth-order valence-electron chi connectivity index (χ4n) is 4.46. The van der Waals surface area contributed by atoms with E-state index in [1.54, 1.807) is 0 Å². The van der Waals surface area contributed by atoms with Crippen LogP contribution in [0.25, 0.3) is 0 Å². The fourth-order valence-corrected chi connectivity index (χ4v) is 4.46. The molecule has 0 spiro atoms. The van der Waals surface area contributed by atoms with Crippen LogP contribution in [0.1, 0.15) is 61.0 Å². The molecule has 3 rings (SSSR count). The van der Waals surface area contributed by atoms with Gasteiger partial charge in [0.05, 0.1) is 0 Å². The third-order valence-electron chi connectivity index (χ3n) is 5.85. The molecule has 1 aliphatic heterocycles. The van der Waals surface area contributed by atoms with Crippen LogP contribution in [-0.2, 0) is 12.8 Å². The fraction of sp³-hybridized carbons (Fsp3) is 0.500. The van der Waals surface area contributed by atoms with E-state index in [1.165, 1.54) is 47.9 Å². The van der Waals surface area contributed by atoms with Gasteiger partial charge in [0.2, 0.25) is 0 Å². The van der Waals surface area contributed by atoms with Gasteiger partial charge in [-0.05, 0) is 49.2 Å². The highest BCUT2D eigenvalue weighted by Gasteiger charge is 2.33. The Hall–Kier alpha value is -1.64. The van der Waals surface area contributed by atoms with E-state index in [2.05, 4.69) is 86.3 Å². The van der Waals surface area contributed by atoms with Crippen molar-refractivity contribution in [3.8, 4) is 0 Å². The molecule has 0 bridgehead atoms. The molecule has 2 aromatic carbocycles. The van der Waals surface area contributed by atoms with Crippen molar-refractivity contribution >= 4 is 0 Å². The van der Waals surface area contributed by atoms with Gasteiger partial charge in [-0.25, -0.2) is 0 Å². The molecule has 1 fully saturated rings. The number of hydrogen-bond acceptors (Lipinski definition) is 2. The van der Waals surface area contributed by atoms with Gasteiger partial charge in [-0.1, -0.05) is 75.2 Å². The Morgan fingerprint density at radius 3 is 1.46 bits per heavy atom. The predicted octanol–water partition coefficient (Wildman–Crippen LogP) is 5.25. The molecular formula is C24H34N2. The number of nitrogens with zero attached hydrogens (tertiary/aromatic N) is 2. The van der Waals surface area contributed by atoms with Crippen molar-refractivity contribution in [2.24, 2.45) is 0 Å². The summed E-state index contributed by atoms with van der Waals surface area (Å²) in [5.41, 5.74) is 6.07. The zero-order chi connectivity index (χ0) is 18.5. The molecular weight excluding hydrogens is 316 g/mol. The van der Waals surface area contributed by atoms with Gasteiger partial charge < -0.3 is 0 Å². The summed E-state index contributed by atoms with van der Waals surface area (Å²) in [5, 5.41) is 0. The molecule has 0 N–H and O–H groups in total. The Bertz CT molecular complexity index is 647. The molecule has 0 amide bonds. The summed E-state index contributed by atoms with van der Waals surface area (Å²) >= 11 is 0. The second-order valence-electron chi connectivity index (χ2n) is 7.81. The molecule has 1 saturated heterocycles. The van der Waals surface area contributed by atoms with Gasteiger partial charge >= 0.3 is 0 Å². The van der Waals surface area contributed by atoms with Crippen molar-refractivity contribution in [2.75, 3.05) is 27.2 Å². The lowest BCUT2D eigenvalue weighted by molar-refractivity contribution is 0.0615. The first-order valence-corrected chi connectivity index (χ1v) is 10.2. The van der Waals surface area contributed by atoms with E-state index in [4.69, 9.17) is 0 Å². The summed E-state index contributed by atoms with van der Waals surface area (Å²) in [6.45, 7) is 6.72. The number of aryl methyl sites for hydroxylation is 2. The molecule has 2 heteroatoms. The summed E-state index contributed by atoms with van der Waals surface area (Å²) in [6, 6.07) is 19.0. The highest BCUT2D eigenvalue weighted by atomic mass is 15.3. The molecule has 2 atom stereocenters. The minimum Gasteiger partial charge on any atom is -0.296 e. The second kappa shape index (κ2) is 8.83. The highest BCUT2D eigenvalue weighted by molar-refractivity contribution is 5.34. The van der Waals surface area contributed by atoms with E-state index in [-0.39, 0.29) is 0 Å². The third kappa shape index (κ3) is 4.02. The number of likely N-dealkylation sites (N-methyl/N-ethyl adjacent to an activating group) is 2. The normalized spacial score (nSPS) is 21.8. The molecule has 0 aliphatic carbocycles. The minimum atomic E-state index is 0.484. The summed E-state index contributed by atoms with van der Waals surface area (Å²) < 4.78 is 0. The van der Waals surface area contributed by atoms with E-state index >= 15 is 0 Å². The molecule has 2 aromatic rings. The molecule has 2 nitrogen and oxygen atoms in total. The van der Waals surface area contributed by atoms with Crippen LogP contribution in [0.15, 0.2) is 48.5 Å². The van der Waals surface area contributed by atoms with Crippen LogP contribution in [0.2, 0.25) is 0 Å². The highest BCUT2D eigenvalue weighted by Crippen LogP contribution is 2.35. The minimum absolute atomic E-state index is 0.484. The lowest BCUT2D eigenvalue weighted by Crippen LogP contribution is -2.47. The van der Waals surface area contributed by atoms with Crippen LogP contribution in [0.4, 0.5) is 0 Å². The zero-order valence-corrected chi connectivity index (χ0v) is 16.9. The zero-order valence-electron chi connectivity index (χ0n) is 16.9. The maximum absolute atomic E-state index is 2.57. The van der Waals surface area contributed by atoms with Gasteiger partial charge in [-0.3, -0.25) is 9.80 Å². The molecule has 140 valence electrons. The van der Waals surface area contributed by atoms with Gasteiger partial charge in [-0.2, -0.15) is 0 Å². The molecule has 1 aliphatic rings. The Morgan fingerprint density at radius 2 is 1.08 bits per heavy atom. The van der Waals surface area contributed by atoms with Crippen LogP contribution in [0.3, 0.4) is 0 Å². The standard InChI is InChI=1S/C24H34N2/c1-5-11-19-13-7-9-15-21(19)23-17-26(4)24(18-25(23)3)22-16-10-8-14-20(22)12-6-2/h7-10,13-16,23-24H,5-6,11-12,17-18H2,1-4H3/t23-,24-/m0/s1. The Balaban J connectivity index is 1.85. The van der Waals surface area contributed by atoms with Crippen molar-refractivity contribution in [1.82, 2.24) is 9.80 Å². The number of benzene rings is 2. The average molecular weight is 351 g/mol. The predicted molar refractivity (Wildman–Crippen MR) is 112 cm³/mol. The summed E-state index contributed by atoms with van der Waals surface area (Å²) in [7, 11) is 4.60. The SMILES string of the molecule is CCCc1ccccc1[C@@H]1CN(C)[C@H](c2ccccc2CCC)CN1C. The first-order valence-electron chi connectivity index (χ1n) is 10.2. The van der Waals surface area contributed by atoms with Crippen LogP contribution in [-0.4, -0.2) is 37.0 Å². The van der Waals surface area contributed by atoms with Crippen LogP contribution >= 0.6 is 0 Å². The number of hydrogen-bond donors (Lipinski definition) is 0. The Labute approximate surface area is 159 Å². The van der Waals surface area contributed by atoms with E-state index in [9.17, 15) is 0 Å². The van der Waals surface area contributed by atoms with Gasteiger partial charge in [0.15, 0.2) is 0 Å². The van der Waals surface area contributed by atoms with Crippen molar-refractivity contribution in [3.63, 3.8) is 0 Å². The molecule has 26 heavy (non-hydrogen) atoms. The quantitative estimate of drug-likeness (QED) is 0.702. The largest absolute Gasteiger partial charge is 0.296 e. The lowest BCUT2D eigenvalue weighted by Gasteiger charge is -2.44. The molecule has 0 saturated carbocycles. The van der Waals surface area contributed by atoms with E-state index in [0.29, 0.717) is 12.1 Å². The summed E-state index contributed by atoms with van der Waals surface area (Å²) in [5.74, 6) is 0. The van der Waals surface area contributed by atoms with Crippen molar-refractivity contribution in [1.29, 1.82) is 0 Å². The average Bonchev–Trinajstić information content (AvgIpc) is 2.65. The maximum Gasteiger partial charge on any atom is 0.0475 e. The van der Waals surface area contributed by atoms with Gasteiger partial charge in [0.25, 0.3) is 0 Å². The molecule has 0 radical (unpaired) electrons. The number of piperazine rings is 1. The Morgan fingerprint density at radius 1 is 0.692 bits per heavy atom. The third-order valence-corrected chi connectivity index (χ3v) is 5.85. The van der Waals surface area contributed by atoms with Crippen molar-refractivity contribution in [2.45, 2.75) is 51.6 Å². The Kier molecular flexibility index (Phi) is 6.50. The van der Waals surface area contributed by atoms with Gasteiger partial charge in [-0.15, -0.1) is 0 Å². The summed E-state index contributed by atoms with van der Waals surface area (Å²) in [4.78, 5) is 5.14. The first kappa shape index (κ1) is 19.1. The molecule has 1 heterocycles. The van der Waals surface area contributed by atoms with E-state index in [0.717, 1.165) is 13.1 Å². The van der Waals surface area contributed by atoms with E-state index < -0.39 is 0 Å². The van der Waals surface area contributed by atoms with Crippen molar-refractivity contribution in [3.05, 3.63) is 70.8 Å². The number of rotatable bonds is 6.